The Bertz CT molecular complexity index is 895. The van der Waals surface area contributed by atoms with Crippen LogP contribution in [0.3, 0.4) is 0 Å². The topological polar surface area (TPSA) is 59.2 Å². The van der Waals surface area contributed by atoms with E-state index in [1.54, 1.807) is 42.3 Å². The number of carbonyl (C=O) groups excluding carboxylic acids is 1. The Hall–Kier alpha value is -2.37. The van der Waals surface area contributed by atoms with Gasteiger partial charge in [-0.15, -0.1) is 0 Å². The Kier molecular flexibility index (Phi) is 5.36. The number of hydrogen-bond acceptors (Lipinski definition) is 4. The van der Waals surface area contributed by atoms with E-state index < -0.39 is 0 Å². The Morgan fingerprint density at radius 1 is 1.08 bits per heavy atom. The van der Waals surface area contributed by atoms with E-state index in [1.165, 1.54) is 0 Å². The van der Waals surface area contributed by atoms with Crippen LogP contribution in [-0.2, 0) is 6.42 Å². The van der Waals surface area contributed by atoms with Crippen LogP contribution in [0.15, 0.2) is 53.1 Å². The van der Waals surface area contributed by atoms with Crippen LogP contribution in [0.25, 0.3) is 11.5 Å². The SMILES string of the molecule is CN(CCc1noc(-c2ccccc2Cl)n1)C(=O)c1ccccc1Cl. The van der Waals surface area contributed by atoms with Gasteiger partial charge in [-0.25, -0.2) is 0 Å². The average Bonchev–Trinajstić information content (AvgIpc) is 3.08. The van der Waals surface area contributed by atoms with Gasteiger partial charge in [0.15, 0.2) is 5.82 Å². The Balaban J connectivity index is 1.65. The average molecular weight is 376 g/mol. The number of rotatable bonds is 5. The van der Waals surface area contributed by atoms with Crippen molar-refractivity contribution < 1.29 is 9.32 Å². The highest BCUT2D eigenvalue weighted by Gasteiger charge is 2.16. The van der Waals surface area contributed by atoms with Crippen molar-refractivity contribution in [3.8, 4) is 11.5 Å². The summed E-state index contributed by atoms with van der Waals surface area (Å²) in [5, 5.41) is 4.92. The van der Waals surface area contributed by atoms with Gasteiger partial charge in [-0.3, -0.25) is 4.79 Å². The van der Waals surface area contributed by atoms with Crippen LogP contribution in [-0.4, -0.2) is 34.5 Å². The van der Waals surface area contributed by atoms with E-state index in [-0.39, 0.29) is 5.91 Å². The molecule has 25 heavy (non-hydrogen) atoms. The third-order valence-electron chi connectivity index (χ3n) is 3.69. The molecule has 7 heteroatoms. The summed E-state index contributed by atoms with van der Waals surface area (Å²) in [5.74, 6) is 0.717. The summed E-state index contributed by atoms with van der Waals surface area (Å²) >= 11 is 12.2. The molecule has 0 aliphatic carbocycles. The maximum Gasteiger partial charge on any atom is 0.259 e. The van der Waals surface area contributed by atoms with Gasteiger partial charge in [0.1, 0.15) is 0 Å². The van der Waals surface area contributed by atoms with E-state index in [2.05, 4.69) is 10.1 Å². The highest BCUT2D eigenvalue weighted by Crippen LogP contribution is 2.25. The Morgan fingerprint density at radius 3 is 2.48 bits per heavy atom. The predicted molar refractivity (Wildman–Crippen MR) is 96.9 cm³/mol. The van der Waals surface area contributed by atoms with Crippen LogP contribution < -0.4 is 0 Å². The second-order valence-corrected chi connectivity index (χ2v) is 6.27. The summed E-state index contributed by atoms with van der Waals surface area (Å²) in [6.07, 6.45) is 0.459. The molecule has 0 radical (unpaired) electrons. The van der Waals surface area contributed by atoms with Crippen molar-refractivity contribution in [2.24, 2.45) is 0 Å². The van der Waals surface area contributed by atoms with Crippen molar-refractivity contribution in [1.29, 1.82) is 0 Å². The van der Waals surface area contributed by atoms with Gasteiger partial charge < -0.3 is 9.42 Å². The molecular weight excluding hydrogens is 361 g/mol. The number of amides is 1. The Morgan fingerprint density at radius 2 is 1.76 bits per heavy atom. The Labute approximate surface area is 155 Å². The molecule has 1 heterocycles. The van der Waals surface area contributed by atoms with Crippen LogP contribution in [0, 0.1) is 0 Å². The van der Waals surface area contributed by atoms with Crippen LogP contribution in [0.2, 0.25) is 10.0 Å². The number of nitrogens with zero attached hydrogens (tertiary/aromatic N) is 3. The molecule has 0 aliphatic heterocycles. The van der Waals surface area contributed by atoms with E-state index in [1.807, 2.05) is 18.2 Å². The number of aromatic nitrogens is 2. The van der Waals surface area contributed by atoms with Gasteiger partial charge >= 0.3 is 0 Å². The second kappa shape index (κ2) is 7.68. The molecule has 0 fully saturated rings. The third kappa shape index (κ3) is 4.00. The lowest BCUT2D eigenvalue weighted by Crippen LogP contribution is -2.29. The minimum absolute atomic E-state index is 0.152. The second-order valence-electron chi connectivity index (χ2n) is 5.45. The molecule has 5 nitrogen and oxygen atoms in total. The fraction of sp³-hybridized carbons (Fsp3) is 0.167. The van der Waals surface area contributed by atoms with Gasteiger partial charge in [0.2, 0.25) is 0 Å². The quantitative estimate of drug-likeness (QED) is 0.664. The first kappa shape index (κ1) is 17.5. The number of likely N-dealkylation sites (N-methyl/N-ethyl adjacent to an activating group) is 1. The van der Waals surface area contributed by atoms with Crippen molar-refractivity contribution in [1.82, 2.24) is 15.0 Å². The van der Waals surface area contributed by atoms with Crippen molar-refractivity contribution in [2.45, 2.75) is 6.42 Å². The van der Waals surface area contributed by atoms with Gasteiger partial charge in [-0.2, -0.15) is 4.98 Å². The molecule has 0 saturated carbocycles. The smallest absolute Gasteiger partial charge is 0.259 e. The van der Waals surface area contributed by atoms with Crippen molar-refractivity contribution in [3.05, 3.63) is 70.0 Å². The van der Waals surface area contributed by atoms with Gasteiger partial charge in [0.25, 0.3) is 11.8 Å². The van der Waals surface area contributed by atoms with E-state index >= 15 is 0 Å². The lowest BCUT2D eigenvalue weighted by molar-refractivity contribution is 0.0796. The monoisotopic (exact) mass is 375 g/mol. The summed E-state index contributed by atoms with van der Waals surface area (Å²) in [4.78, 5) is 18.3. The summed E-state index contributed by atoms with van der Waals surface area (Å²) in [6.45, 7) is 0.436. The number of carbonyl (C=O) groups is 1. The number of hydrogen-bond donors (Lipinski definition) is 0. The maximum absolute atomic E-state index is 12.4. The largest absolute Gasteiger partial charge is 0.341 e. The van der Waals surface area contributed by atoms with Gasteiger partial charge in [0.05, 0.1) is 21.2 Å². The summed E-state index contributed by atoms with van der Waals surface area (Å²) < 4.78 is 5.26. The number of benzene rings is 2. The number of halogens is 2. The first-order chi connectivity index (χ1) is 12.1. The molecule has 0 unspecified atom stereocenters. The summed E-state index contributed by atoms with van der Waals surface area (Å²) in [6, 6.07) is 14.2. The molecule has 0 atom stereocenters. The van der Waals surface area contributed by atoms with Crippen LogP contribution in [0.4, 0.5) is 0 Å². The zero-order chi connectivity index (χ0) is 17.8. The minimum Gasteiger partial charge on any atom is -0.341 e. The predicted octanol–water partition coefficient (Wildman–Crippen LogP) is 4.36. The van der Waals surface area contributed by atoms with Gasteiger partial charge in [-0.1, -0.05) is 52.6 Å². The maximum atomic E-state index is 12.4. The van der Waals surface area contributed by atoms with Crippen molar-refractivity contribution in [3.63, 3.8) is 0 Å². The summed E-state index contributed by atoms with van der Waals surface area (Å²) in [7, 11) is 1.71. The normalized spacial score (nSPS) is 10.7. The van der Waals surface area contributed by atoms with E-state index in [0.717, 1.165) is 0 Å². The highest BCUT2D eigenvalue weighted by molar-refractivity contribution is 6.34. The van der Waals surface area contributed by atoms with Gasteiger partial charge in [0, 0.05) is 20.0 Å². The molecule has 1 amide bonds. The lowest BCUT2D eigenvalue weighted by Gasteiger charge is -2.16. The van der Waals surface area contributed by atoms with Gasteiger partial charge in [-0.05, 0) is 24.3 Å². The first-order valence-corrected chi connectivity index (χ1v) is 8.39. The molecule has 1 aromatic heterocycles. The van der Waals surface area contributed by atoms with E-state index in [4.69, 9.17) is 27.7 Å². The van der Waals surface area contributed by atoms with E-state index in [0.29, 0.717) is 45.9 Å². The standard InChI is InChI=1S/C18H15Cl2N3O2/c1-23(18(24)13-7-3-5-9-15(13)20)11-10-16-21-17(25-22-16)12-6-2-4-8-14(12)19/h2-9H,10-11H2,1H3. The molecule has 0 N–H and O–H groups in total. The zero-order valence-electron chi connectivity index (χ0n) is 13.4. The molecule has 0 saturated heterocycles. The molecule has 0 bridgehead atoms. The van der Waals surface area contributed by atoms with E-state index in [9.17, 15) is 4.79 Å². The molecular formula is C18H15Cl2N3O2. The van der Waals surface area contributed by atoms with Crippen molar-refractivity contribution >= 4 is 29.1 Å². The fourth-order valence-electron chi connectivity index (χ4n) is 2.31. The molecule has 0 aliphatic rings. The zero-order valence-corrected chi connectivity index (χ0v) is 15.0. The molecule has 2 aromatic carbocycles. The van der Waals surface area contributed by atoms with Crippen LogP contribution in [0.5, 0.6) is 0 Å². The lowest BCUT2D eigenvalue weighted by atomic mass is 10.2. The fourth-order valence-corrected chi connectivity index (χ4v) is 2.74. The van der Waals surface area contributed by atoms with Crippen molar-refractivity contribution in [2.75, 3.05) is 13.6 Å². The molecule has 3 rings (SSSR count). The van der Waals surface area contributed by atoms with Crippen LogP contribution >= 0.6 is 23.2 Å². The molecule has 3 aromatic rings. The summed E-state index contributed by atoms with van der Waals surface area (Å²) in [5.41, 5.74) is 1.15. The molecule has 128 valence electrons. The minimum atomic E-state index is -0.152. The van der Waals surface area contributed by atoms with Crippen LogP contribution in [0.1, 0.15) is 16.2 Å². The molecule has 0 spiro atoms. The third-order valence-corrected chi connectivity index (χ3v) is 4.35. The highest BCUT2D eigenvalue weighted by atomic mass is 35.5. The first-order valence-electron chi connectivity index (χ1n) is 7.63.